The van der Waals surface area contributed by atoms with Crippen LogP contribution in [0.2, 0.25) is 5.02 Å². The minimum atomic E-state index is -0.418. The molecule has 1 aromatic carbocycles. The van der Waals surface area contributed by atoms with E-state index in [1.165, 1.54) is 0 Å². The summed E-state index contributed by atoms with van der Waals surface area (Å²) in [4.78, 5) is 23.2. The fraction of sp³-hybridized carbons (Fsp3) is 0.385. The van der Waals surface area contributed by atoms with Gasteiger partial charge in [0.2, 0.25) is 0 Å². The van der Waals surface area contributed by atoms with E-state index in [9.17, 15) is 9.59 Å². The van der Waals surface area contributed by atoms with Crippen molar-refractivity contribution < 1.29 is 14.3 Å². The Morgan fingerprint density at radius 2 is 1.88 bits per heavy atom. The van der Waals surface area contributed by atoms with E-state index in [2.05, 4.69) is 0 Å². The third kappa shape index (κ3) is 4.19. The Hall–Kier alpha value is -1.35. The van der Waals surface area contributed by atoms with E-state index < -0.39 is 5.92 Å². The Kier molecular flexibility index (Phi) is 5.16. The molecule has 0 spiro atoms. The van der Waals surface area contributed by atoms with Gasteiger partial charge < -0.3 is 4.74 Å². The van der Waals surface area contributed by atoms with Gasteiger partial charge in [0.05, 0.1) is 12.5 Å². The van der Waals surface area contributed by atoms with Gasteiger partial charge in [0.1, 0.15) is 0 Å². The van der Waals surface area contributed by atoms with Crippen molar-refractivity contribution in [1.29, 1.82) is 0 Å². The van der Waals surface area contributed by atoms with E-state index in [0.717, 1.165) is 0 Å². The number of carbonyl (C=O) groups excluding carboxylic acids is 2. The average Bonchev–Trinajstić information content (AvgIpc) is 2.30. The van der Waals surface area contributed by atoms with Crippen LogP contribution < -0.4 is 0 Å². The largest absolute Gasteiger partial charge is 0.466 e. The van der Waals surface area contributed by atoms with Gasteiger partial charge in [-0.15, -0.1) is 0 Å². The Labute approximate surface area is 106 Å². The summed E-state index contributed by atoms with van der Waals surface area (Å²) >= 11 is 5.73. The van der Waals surface area contributed by atoms with Gasteiger partial charge in [0.25, 0.3) is 0 Å². The van der Waals surface area contributed by atoms with Crippen LogP contribution >= 0.6 is 11.6 Å². The second-order valence-electron chi connectivity index (χ2n) is 3.79. The number of hydrogen-bond donors (Lipinski definition) is 0. The lowest BCUT2D eigenvalue weighted by Crippen LogP contribution is -2.18. The van der Waals surface area contributed by atoms with E-state index in [0.29, 0.717) is 17.2 Å². The monoisotopic (exact) mass is 254 g/mol. The summed E-state index contributed by atoms with van der Waals surface area (Å²) in [6, 6.07) is 6.62. The predicted molar refractivity (Wildman–Crippen MR) is 66.2 cm³/mol. The molecular weight excluding hydrogens is 240 g/mol. The third-order valence-electron chi connectivity index (χ3n) is 2.35. The number of halogens is 1. The summed E-state index contributed by atoms with van der Waals surface area (Å²) in [5.74, 6) is -0.838. The molecule has 0 aliphatic carbocycles. The summed E-state index contributed by atoms with van der Waals surface area (Å²) in [5, 5.41) is 0.583. The van der Waals surface area contributed by atoms with Crippen molar-refractivity contribution in [3.63, 3.8) is 0 Å². The fourth-order valence-corrected chi connectivity index (χ4v) is 1.53. The molecule has 1 atom stereocenters. The summed E-state index contributed by atoms with van der Waals surface area (Å²) in [6.45, 7) is 3.76. The summed E-state index contributed by atoms with van der Waals surface area (Å²) in [6.07, 6.45) is 0.153. The standard InChI is InChI=1S/C13H15ClO3/c1-3-17-13(16)9(2)8-12(15)10-4-6-11(14)7-5-10/h4-7,9H,3,8H2,1-2H3. The van der Waals surface area contributed by atoms with E-state index in [1.807, 2.05) is 0 Å². The molecule has 0 saturated carbocycles. The second kappa shape index (κ2) is 6.40. The van der Waals surface area contributed by atoms with E-state index in [1.54, 1.807) is 38.1 Å². The molecule has 0 N–H and O–H groups in total. The van der Waals surface area contributed by atoms with Crippen LogP contribution in [0.3, 0.4) is 0 Å². The number of carbonyl (C=O) groups is 2. The smallest absolute Gasteiger partial charge is 0.309 e. The van der Waals surface area contributed by atoms with Crippen LogP contribution in [0.5, 0.6) is 0 Å². The average molecular weight is 255 g/mol. The number of hydrogen-bond acceptors (Lipinski definition) is 3. The highest BCUT2D eigenvalue weighted by molar-refractivity contribution is 6.30. The Morgan fingerprint density at radius 1 is 1.29 bits per heavy atom. The van der Waals surface area contributed by atoms with Crippen LogP contribution in [-0.4, -0.2) is 18.4 Å². The lowest BCUT2D eigenvalue weighted by molar-refractivity contribution is -0.147. The van der Waals surface area contributed by atoms with Crippen molar-refractivity contribution in [2.24, 2.45) is 5.92 Å². The highest BCUT2D eigenvalue weighted by Crippen LogP contribution is 2.14. The lowest BCUT2D eigenvalue weighted by atomic mass is 10.00. The van der Waals surface area contributed by atoms with Gasteiger partial charge in [-0.25, -0.2) is 0 Å². The van der Waals surface area contributed by atoms with Gasteiger partial charge in [-0.05, 0) is 31.2 Å². The third-order valence-corrected chi connectivity index (χ3v) is 2.60. The molecule has 0 aliphatic heterocycles. The number of ketones is 1. The van der Waals surface area contributed by atoms with Crippen LogP contribution in [0, 0.1) is 5.92 Å². The van der Waals surface area contributed by atoms with Gasteiger partial charge in [-0.3, -0.25) is 9.59 Å². The maximum absolute atomic E-state index is 11.8. The Balaban J connectivity index is 2.60. The van der Waals surface area contributed by atoms with Crippen LogP contribution in [-0.2, 0) is 9.53 Å². The van der Waals surface area contributed by atoms with Crippen molar-refractivity contribution in [3.8, 4) is 0 Å². The fourth-order valence-electron chi connectivity index (χ4n) is 1.40. The zero-order valence-corrected chi connectivity index (χ0v) is 10.7. The van der Waals surface area contributed by atoms with Gasteiger partial charge in [-0.2, -0.15) is 0 Å². The van der Waals surface area contributed by atoms with Gasteiger partial charge >= 0.3 is 5.97 Å². The molecule has 0 heterocycles. The molecule has 0 fully saturated rings. The molecule has 0 saturated heterocycles. The van der Waals surface area contributed by atoms with Crippen LogP contribution in [0.25, 0.3) is 0 Å². The molecule has 3 nitrogen and oxygen atoms in total. The maximum Gasteiger partial charge on any atom is 0.309 e. The second-order valence-corrected chi connectivity index (χ2v) is 4.22. The molecule has 0 bridgehead atoms. The number of benzene rings is 1. The first-order valence-corrected chi connectivity index (χ1v) is 5.87. The zero-order chi connectivity index (χ0) is 12.8. The summed E-state index contributed by atoms with van der Waals surface area (Å²) < 4.78 is 4.85. The molecule has 17 heavy (non-hydrogen) atoms. The van der Waals surface area contributed by atoms with Crippen molar-refractivity contribution in [3.05, 3.63) is 34.9 Å². The Morgan fingerprint density at radius 3 is 2.41 bits per heavy atom. The SMILES string of the molecule is CCOC(=O)C(C)CC(=O)c1ccc(Cl)cc1. The van der Waals surface area contributed by atoms with Crippen LogP contribution in [0.15, 0.2) is 24.3 Å². The van der Waals surface area contributed by atoms with Crippen LogP contribution in [0.1, 0.15) is 30.6 Å². The maximum atomic E-state index is 11.8. The van der Waals surface area contributed by atoms with Crippen molar-refractivity contribution in [1.82, 2.24) is 0 Å². The first-order chi connectivity index (χ1) is 8.04. The van der Waals surface area contributed by atoms with Gasteiger partial charge in [0.15, 0.2) is 5.78 Å². The van der Waals surface area contributed by atoms with E-state index in [4.69, 9.17) is 16.3 Å². The number of rotatable bonds is 5. The molecule has 1 unspecified atom stereocenters. The first kappa shape index (κ1) is 13.7. The summed E-state index contributed by atoms with van der Waals surface area (Å²) in [5.41, 5.74) is 0.561. The molecular formula is C13H15ClO3. The van der Waals surface area contributed by atoms with E-state index in [-0.39, 0.29) is 18.2 Å². The molecule has 4 heteroatoms. The van der Waals surface area contributed by atoms with Crippen molar-refractivity contribution >= 4 is 23.4 Å². The molecule has 0 aromatic heterocycles. The normalized spacial score (nSPS) is 11.9. The minimum Gasteiger partial charge on any atom is -0.466 e. The van der Waals surface area contributed by atoms with Crippen LogP contribution in [0.4, 0.5) is 0 Å². The summed E-state index contributed by atoms with van der Waals surface area (Å²) in [7, 11) is 0. The Bertz CT molecular complexity index is 398. The first-order valence-electron chi connectivity index (χ1n) is 5.50. The highest BCUT2D eigenvalue weighted by Gasteiger charge is 2.18. The van der Waals surface area contributed by atoms with Crippen molar-refractivity contribution in [2.45, 2.75) is 20.3 Å². The molecule has 1 rings (SSSR count). The molecule has 1 aromatic rings. The molecule has 0 aliphatic rings. The van der Waals surface area contributed by atoms with Gasteiger partial charge in [0, 0.05) is 17.0 Å². The number of esters is 1. The predicted octanol–water partition coefficient (Wildman–Crippen LogP) is 3.11. The topological polar surface area (TPSA) is 43.4 Å². The zero-order valence-electron chi connectivity index (χ0n) is 9.90. The van der Waals surface area contributed by atoms with Gasteiger partial charge in [-0.1, -0.05) is 18.5 Å². The highest BCUT2D eigenvalue weighted by atomic mass is 35.5. The quantitative estimate of drug-likeness (QED) is 0.599. The van der Waals surface area contributed by atoms with E-state index >= 15 is 0 Å². The minimum absolute atomic E-state index is 0.0813. The molecule has 92 valence electrons. The number of ether oxygens (including phenoxy) is 1. The molecule has 0 amide bonds. The molecule has 0 radical (unpaired) electrons. The van der Waals surface area contributed by atoms with Crippen molar-refractivity contribution in [2.75, 3.05) is 6.61 Å². The lowest BCUT2D eigenvalue weighted by Gasteiger charge is -2.09. The number of Topliss-reactive ketones (excluding diaryl/α,β-unsaturated/α-hetero) is 1.